The number of nitrogens with one attached hydrogen (secondary N) is 1. The van der Waals surface area contributed by atoms with Gasteiger partial charge in [0.2, 0.25) is 5.91 Å². The number of hydrogen-bond donors (Lipinski definition) is 1. The lowest BCUT2D eigenvalue weighted by Crippen LogP contribution is -2.25. The van der Waals surface area contributed by atoms with E-state index in [1.165, 1.54) is 18.2 Å². The zero-order valence-corrected chi connectivity index (χ0v) is 12.1. The number of alkyl halides is 3. The highest BCUT2D eigenvalue weighted by Gasteiger charge is 2.40. The first kappa shape index (κ1) is 16.7. The summed E-state index contributed by atoms with van der Waals surface area (Å²) in [5.41, 5.74) is 0.253. The fourth-order valence-electron chi connectivity index (χ4n) is 2.06. The van der Waals surface area contributed by atoms with Gasteiger partial charge in [0.05, 0.1) is 11.3 Å². The molecule has 0 atom stereocenters. The first-order valence-corrected chi connectivity index (χ1v) is 6.92. The fraction of sp³-hybridized carbons (Fsp3) is 0.176. The van der Waals surface area contributed by atoms with Crippen LogP contribution in [0.2, 0.25) is 0 Å². The third kappa shape index (κ3) is 4.67. The van der Waals surface area contributed by atoms with Gasteiger partial charge in [-0.3, -0.25) is 9.59 Å². The number of Topliss-reactive ketones (excluding diaryl/α,β-unsaturated/α-hetero) is 1. The van der Waals surface area contributed by atoms with Crippen molar-refractivity contribution >= 4 is 17.4 Å². The van der Waals surface area contributed by atoms with Crippen molar-refractivity contribution in [2.75, 3.05) is 5.32 Å². The molecule has 0 radical (unpaired) electrons. The average Bonchev–Trinajstić information content (AvgIpc) is 2.53. The molecule has 0 unspecified atom stereocenters. The van der Waals surface area contributed by atoms with Crippen LogP contribution in [0.25, 0.3) is 0 Å². The van der Waals surface area contributed by atoms with Crippen LogP contribution >= 0.6 is 0 Å². The molecule has 120 valence electrons. The van der Waals surface area contributed by atoms with E-state index in [1.54, 1.807) is 0 Å². The van der Waals surface area contributed by atoms with Gasteiger partial charge >= 0.3 is 6.18 Å². The molecule has 2 aromatic carbocycles. The van der Waals surface area contributed by atoms with Crippen LogP contribution < -0.4 is 5.32 Å². The highest BCUT2D eigenvalue weighted by molar-refractivity contribution is 6.07. The quantitative estimate of drug-likeness (QED) is 0.846. The molecule has 0 saturated carbocycles. The highest BCUT2D eigenvalue weighted by atomic mass is 19.4. The number of rotatable bonds is 5. The van der Waals surface area contributed by atoms with Gasteiger partial charge in [-0.1, -0.05) is 42.5 Å². The Hall–Kier alpha value is -2.63. The summed E-state index contributed by atoms with van der Waals surface area (Å²) in [5.74, 6) is -2.42. The Kier molecular flexibility index (Phi) is 5.16. The number of anilines is 1. The van der Waals surface area contributed by atoms with Gasteiger partial charge in [0.1, 0.15) is 0 Å². The van der Waals surface area contributed by atoms with E-state index in [4.69, 9.17) is 0 Å². The third-order valence-electron chi connectivity index (χ3n) is 3.19. The summed E-state index contributed by atoms with van der Waals surface area (Å²) in [6.45, 7) is 0. The Labute approximate surface area is 131 Å². The van der Waals surface area contributed by atoms with Gasteiger partial charge < -0.3 is 5.32 Å². The first-order valence-electron chi connectivity index (χ1n) is 6.92. The normalized spacial score (nSPS) is 11.1. The van der Waals surface area contributed by atoms with Crippen molar-refractivity contribution in [2.24, 2.45) is 0 Å². The maximum atomic E-state index is 12.6. The van der Waals surface area contributed by atoms with E-state index in [0.29, 0.717) is 6.42 Å². The molecule has 0 aliphatic carbocycles. The molecule has 1 amide bonds. The van der Waals surface area contributed by atoms with Gasteiger partial charge in [-0.15, -0.1) is 0 Å². The number of amides is 1. The van der Waals surface area contributed by atoms with Crippen LogP contribution in [0, 0.1) is 0 Å². The van der Waals surface area contributed by atoms with Crippen LogP contribution in [0.3, 0.4) is 0 Å². The second-order valence-electron chi connectivity index (χ2n) is 4.91. The van der Waals surface area contributed by atoms with Crippen LogP contribution in [0.15, 0.2) is 54.6 Å². The number of hydrogen-bond acceptors (Lipinski definition) is 2. The zero-order chi connectivity index (χ0) is 16.9. The molecule has 0 aromatic heterocycles. The van der Waals surface area contributed by atoms with Crippen molar-refractivity contribution in [3.63, 3.8) is 0 Å². The lowest BCUT2D eigenvalue weighted by molar-refractivity contribution is -0.116. The maximum absolute atomic E-state index is 12.6. The molecule has 0 bridgehead atoms. The topological polar surface area (TPSA) is 46.2 Å². The predicted octanol–water partition coefficient (Wildman–Crippen LogP) is 4.00. The van der Waals surface area contributed by atoms with E-state index >= 15 is 0 Å². The molecule has 0 heterocycles. The number of aryl methyl sites for hydroxylation is 1. The number of benzene rings is 2. The van der Waals surface area contributed by atoms with Gasteiger partial charge in [-0.2, -0.15) is 13.2 Å². The van der Waals surface area contributed by atoms with Crippen molar-refractivity contribution in [1.29, 1.82) is 0 Å². The van der Waals surface area contributed by atoms with E-state index in [0.717, 1.165) is 11.6 Å². The Morgan fingerprint density at radius 3 is 2.17 bits per heavy atom. The van der Waals surface area contributed by atoms with Gasteiger partial charge in [0, 0.05) is 6.42 Å². The lowest BCUT2D eigenvalue weighted by atomic mass is 10.1. The standard InChI is InChI=1S/C17H14F3NO2/c18-17(19,20)16(23)13-8-4-5-9-14(13)21-15(22)11-10-12-6-2-1-3-7-12/h1-9H,10-11H2,(H,21,22). The summed E-state index contributed by atoms with van der Waals surface area (Å²) in [4.78, 5) is 23.3. The largest absolute Gasteiger partial charge is 0.454 e. The van der Waals surface area contributed by atoms with Crippen LogP contribution in [0.4, 0.5) is 18.9 Å². The van der Waals surface area contributed by atoms with Gasteiger partial charge in [0.15, 0.2) is 0 Å². The summed E-state index contributed by atoms with van der Waals surface area (Å²) in [6.07, 6.45) is -4.41. The van der Waals surface area contributed by atoms with E-state index in [2.05, 4.69) is 5.32 Å². The number of halogens is 3. The predicted molar refractivity (Wildman–Crippen MR) is 80.2 cm³/mol. The maximum Gasteiger partial charge on any atom is 0.454 e. The van der Waals surface area contributed by atoms with Gasteiger partial charge in [-0.25, -0.2) is 0 Å². The van der Waals surface area contributed by atoms with Crippen molar-refractivity contribution in [3.05, 3.63) is 65.7 Å². The molecule has 0 spiro atoms. The van der Waals surface area contributed by atoms with E-state index < -0.39 is 23.4 Å². The summed E-state index contributed by atoms with van der Waals surface area (Å²) in [6, 6.07) is 14.3. The molecule has 2 aromatic rings. The van der Waals surface area contributed by atoms with Gasteiger partial charge in [0.25, 0.3) is 5.78 Å². The van der Waals surface area contributed by atoms with Gasteiger partial charge in [-0.05, 0) is 24.1 Å². The number of carbonyl (C=O) groups excluding carboxylic acids is 2. The van der Waals surface area contributed by atoms with Crippen LogP contribution in [0.1, 0.15) is 22.3 Å². The third-order valence-corrected chi connectivity index (χ3v) is 3.19. The lowest BCUT2D eigenvalue weighted by Gasteiger charge is -2.11. The molecule has 0 aliphatic rings. The first-order chi connectivity index (χ1) is 10.9. The monoisotopic (exact) mass is 321 g/mol. The number of carbonyl (C=O) groups is 2. The zero-order valence-electron chi connectivity index (χ0n) is 12.1. The van der Waals surface area contributed by atoms with Crippen LogP contribution in [-0.4, -0.2) is 17.9 Å². The molecular weight excluding hydrogens is 307 g/mol. The molecule has 1 N–H and O–H groups in total. The second-order valence-corrected chi connectivity index (χ2v) is 4.91. The molecule has 3 nitrogen and oxygen atoms in total. The van der Waals surface area contributed by atoms with Crippen molar-refractivity contribution in [1.82, 2.24) is 0 Å². The number of ketones is 1. The minimum Gasteiger partial charge on any atom is -0.325 e. The SMILES string of the molecule is O=C(CCc1ccccc1)Nc1ccccc1C(=O)C(F)(F)F. The van der Waals surface area contributed by atoms with Crippen molar-refractivity contribution in [3.8, 4) is 0 Å². The summed E-state index contributed by atoms with van der Waals surface area (Å²) >= 11 is 0. The van der Waals surface area contributed by atoms with Crippen molar-refractivity contribution < 1.29 is 22.8 Å². The summed E-state index contributed by atoms with van der Waals surface area (Å²) in [7, 11) is 0. The molecule has 23 heavy (non-hydrogen) atoms. The van der Waals surface area contributed by atoms with Crippen molar-refractivity contribution in [2.45, 2.75) is 19.0 Å². The summed E-state index contributed by atoms with van der Waals surface area (Å²) < 4.78 is 37.7. The average molecular weight is 321 g/mol. The Bertz CT molecular complexity index is 696. The molecule has 2 rings (SSSR count). The smallest absolute Gasteiger partial charge is 0.325 e. The van der Waals surface area contributed by atoms with E-state index in [1.807, 2.05) is 30.3 Å². The molecule has 0 aliphatic heterocycles. The molecular formula is C17H14F3NO2. The Morgan fingerprint density at radius 2 is 1.52 bits per heavy atom. The second kappa shape index (κ2) is 7.09. The minimum absolute atomic E-state index is 0.110. The molecule has 0 fully saturated rings. The van der Waals surface area contributed by atoms with E-state index in [-0.39, 0.29) is 12.1 Å². The summed E-state index contributed by atoms with van der Waals surface area (Å²) in [5, 5.41) is 2.37. The number of para-hydroxylation sites is 1. The Morgan fingerprint density at radius 1 is 0.913 bits per heavy atom. The minimum atomic E-state index is -4.98. The highest BCUT2D eigenvalue weighted by Crippen LogP contribution is 2.26. The molecule has 0 saturated heterocycles. The van der Waals surface area contributed by atoms with E-state index in [9.17, 15) is 22.8 Å². The molecule has 6 heteroatoms. The fourth-order valence-corrected chi connectivity index (χ4v) is 2.06. The van der Waals surface area contributed by atoms with Crippen LogP contribution in [-0.2, 0) is 11.2 Å². The van der Waals surface area contributed by atoms with Crippen LogP contribution in [0.5, 0.6) is 0 Å². The Balaban J connectivity index is 2.05.